The minimum Gasteiger partial charge on any atom is -0.315 e. The monoisotopic (exact) mass is 214 g/mol. The first-order chi connectivity index (χ1) is 6.83. The molecule has 0 fully saturated rings. The molecule has 0 radical (unpaired) electrons. The van der Waals surface area contributed by atoms with Gasteiger partial charge in [-0.25, -0.2) is 0 Å². The first kappa shape index (κ1) is 11.5. The van der Waals surface area contributed by atoms with Crippen LogP contribution in [0.5, 0.6) is 0 Å². The van der Waals surface area contributed by atoms with Gasteiger partial charge < -0.3 is 10.3 Å². The van der Waals surface area contributed by atoms with E-state index in [1.165, 1.54) is 37.0 Å². The molecule has 80 valence electrons. The van der Waals surface area contributed by atoms with Gasteiger partial charge in [0.2, 0.25) is 0 Å². The predicted molar refractivity (Wildman–Crippen MR) is 60.8 cm³/mol. The van der Waals surface area contributed by atoms with Crippen molar-refractivity contribution in [2.45, 2.75) is 39.2 Å². The van der Waals surface area contributed by atoms with E-state index in [4.69, 9.17) is 0 Å². The maximum absolute atomic E-state index is 10.8. The van der Waals surface area contributed by atoms with Gasteiger partial charge in [0.15, 0.2) is 0 Å². The number of aromatic amines is 1. The third kappa shape index (κ3) is 4.58. The molecule has 0 aliphatic rings. The number of rotatable bonds is 7. The van der Waals surface area contributed by atoms with Gasteiger partial charge in [0.1, 0.15) is 0 Å². The van der Waals surface area contributed by atoms with Crippen molar-refractivity contribution in [3.63, 3.8) is 0 Å². The van der Waals surface area contributed by atoms with Crippen LogP contribution in [0.4, 0.5) is 0 Å². The van der Waals surface area contributed by atoms with E-state index >= 15 is 0 Å². The first-order valence-corrected chi connectivity index (χ1v) is 6.08. The van der Waals surface area contributed by atoms with Crippen LogP contribution in [0.1, 0.15) is 38.3 Å². The zero-order valence-corrected chi connectivity index (χ0v) is 9.45. The summed E-state index contributed by atoms with van der Waals surface area (Å²) in [6.07, 6.45) is 5.11. The van der Waals surface area contributed by atoms with E-state index in [1.54, 1.807) is 0 Å². The molecule has 4 heteroatoms. The average molecular weight is 214 g/mol. The largest absolute Gasteiger partial charge is 0.315 e. The molecule has 0 unspecified atom stereocenters. The second-order valence-electron chi connectivity index (χ2n) is 3.41. The number of hydrogen-bond donors (Lipinski definition) is 2. The Labute approximate surface area is 88.6 Å². The summed E-state index contributed by atoms with van der Waals surface area (Å²) in [6.45, 7) is 4.03. The van der Waals surface area contributed by atoms with Crippen molar-refractivity contribution in [2.75, 3.05) is 6.54 Å². The van der Waals surface area contributed by atoms with Crippen molar-refractivity contribution in [3.05, 3.63) is 20.7 Å². The molecule has 14 heavy (non-hydrogen) atoms. The Balaban J connectivity index is 2.02. The minimum atomic E-state index is 0.0350. The van der Waals surface area contributed by atoms with Crippen molar-refractivity contribution >= 4 is 11.3 Å². The molecule has 1 aromatic heterocycles. The van der Waals surface area contributed by atoms with Gasteiger partial charge in [0.05, 0.1) is 0 Å². The average Bonchev–Trinajstić information content (AvgIpc) is 2.58. The van der Waals surface area contributed by atoms with Gasteiger partial charge in [-0.15, -0.1) is 0 Å². The van der Waals surface area contributed by atoms with Crippen LogP contribution in [-0.2, 0) is 6.54 Å². The molecule has 1 aromatic rings. The first-order valence-electron chi connectivity index (χ1n) is 5.20. The fourth-order valence-corrected chi connectivity index (χ4v) is 1.88. The van der Waals surface area contributed by atoms with E-state index in [2.05, 4.69) is 17.2 Å². The van der Waals surface area contributed by atoms with Gasteiger partial charge in [0.25, 0.3) is 0 Å². The van der Waals surface area contributed by atoms with Crippen LogP contribution in [-0.4, -0.2) is 11.5 Å². The Morgan fingerprint density at radius 3 is 2.93 bits per heavy atom. The summed E-state index contributed by atoms with van der Waals surface area (Å²) < 4.78 is 0. The van der Waals surface area contributed by atoms with E-state index in [9.17, 15) is 4.79 Å². The van der Waals surface area contributed by atoms with Crippen molar-refractivity contribution in [1.82, 2.24) is 10.3 Å². The lowest BCUT2D eigenvalue weighted by atomic mass is 10.2. The Morgan fingerprint density at radius 1 is 1.43 bits per heavy atom. The fraction of sp³-hybridized carbons (Fsp3) is 0.700. The summed E-state index contributed by atoms with van der Waals surface area (Å²) in [5, 5.41) is 5.19. The standard InChI is InChI=1S/C10H18N2OS/c1-2-3-4-5-6-11-7-9-8-14-10(13)12-9/h8,11H,2-7H2,1H3,(H,12,13). The Bertz CT molecular complexity index is 292. The Hall–Kier alpha value is -0.610. The van der Waals surface area contributed by atoms with Crippen molar-refractivity contribution in [1.29, 1.82) is 0 Å². The highest BCUT2D eigenvalue weighted by atomic mass is 32.1. The van der Waals surface area contributed by atoms with E-state index in [1.807, 2.05) is 5.38 Å². The number of nitrogens with one attached hydrogen (secondary N) is 2. The third-order valence-electron chi connectivity index (χ3n) is 2.09. The molecule has 0 bridgehead atoms. The second kappa shape index (κ2) is 6.79. The van der Waals surface area contributed by atoms with Crippen LogP contribution in [0.2, 0.25) is 0 Å². The molecular formula is C10H18N2OS. The third-order valence-corrected chi connectivity index (χ3v) is 2.81. The summed E-state index contributed by atoms with van der Waals surface area (Å²) in [5.41, 5.74) is 0.996. The molecule has 1 rings (SSSR count). The predicted octanol–water partition coefficient (Wildman–Crippen LogP) is 2.11. The SMILES string of the molecule is CCCCCCNCc1csc(=O)[nH]1. The van der Waals surface area contributed by atoms with E-state index in [-0.39, 0.29) is 4.87 Å². The minimum absolute atomic E-state index is 0.0350. The molecule has 0 atom stereocenters. The molecule has 0 aliphatic carbocycles. The highest BCUT2D eigenvalue weighted by Crippen LogP contribution is 1.98. The van der Waals surface area contributed by atoms with Gasteiger partial charge in [-0.05, 0) is 13.0 Å². The van der Waals surface area contributed by atoms with Crippen LogP contribution >= 0.6 is 11.3 Å². The van der Waals surface area contributed by atoms with Crippen molar-refractivity contribution in [3.8, 4) is 0 Å². The van der Waals surface area contributed by atoms with Crippen LogP contribution in [0, 0.1) is 0 Å². The van der Waals surface area contributed by atoms with E-state index in [0.29, 0.717) is 0 Å². The molecular weight excluding hydrogens is 196 g/mol. The maximum atomic E-state index is 10.8. The molecule has 0 saturated heterocycles. The molecule has 0 spiro atoms. The molecule has 3 nitrogen and oxygen atoms in total. The second-order valence-corrected chi connectivity index (χ2v) is 4.25. The number of thiazole rings is 1. The molecule has 0 amide bonds. The highest BCUT2D eigenvalue weighted by Gasteiger charge is 1.95. The van der Waals surface area contributed by atoms with Gasteiger partial charge in [-0.3, -0.25) is 4.79 Å². The van der Waals surface area contributed by atoms with Crippen molar-refractivity contribution in [2.24, 2.45) is 0 Å². The summed E-state index contributed by atoms with van der Waals surface area (Å²) in [4.78, 5) is 13.6. The van der Waals surface area contributed by atoms with Gasteiger partial charge in [-0.1, -0.05) is 37.5 Å². The summed E-state index contributed by atoms with van der Waals surface area (Å²) in [5.74, 6) is 0. The smallest absolute Gasteiger partial charge is 0.304 e. The number of hydrogen-bond acceptors (Lipinski definition) is 3. The van der Waals surface area contributed by atoms with E-state index < -0.39 is 0 Å². The van der Waals surface area contributed by atoms with Gasteiger partial charge >= 0.3 is 4.87 Å². The van der Waals surface area contributed by atoms with E-state index in [0.717, 1.165) is 18.8 Å². The summed E-state index contributed by atoms with van der Waals surface area (Å²) in [6, 6.07) is 0. The van der Waals surface area contributed by atoms with Crippen LogP contribution in [0.3, 0.4) is 0 Å². The van der Waals surface area contributed by atoms with Gasteiger partial charge in [-0.2, -0.15) is 0 Å². The Morgan fingerprint density at radius 2 is 2.29 bits per heavy atom. The molecule has 1 heterocycles. The normalized spacial score (nSPS) is 10.6. The number of unbranched alkanes of at least 4 members (excludes halogenated alkanes) is 3. The zero-order chi connectivity index (χ0) is 10.2. The zero-order valence-electron chi connectivity index (χ0n) is 8.64. The van der Waals surface area contributed by atoms with Crippen LogP contribution < -0.4 is 10.2 Å². The number of aromatic nitrogens is 1. The number of H-pyrrole nitrogens is 1. The molecule has 2 N–H and O–H groups in total. The molecule has 0 saturated carbocycles. The van der Waals surface area contributed by atoms with Crippen molar-refractivity contribution < 1.29 is 0 Å². The quantitative estimate of drug-likeness (QED) is 0.683. The lowest BCUT2D eigenvalue weighted by Crippen LogP contribution is -2.15. The summed E-state index contributed by atoms with van der Waals surface area (Å²) in [7, 11) is 0. The lowest BCUT2D eigenvalue weighted by Gasteiger charge is -2.01. The van der Waals surface area contributed by atoms with Crippen LogP contribution in [0.15, 0.2) is 10.2 Å². The fourth-order valence-electron chi connectivity index (χ4n) is 1.30. The lowest BCUT2D eigenvalue weighted by molar-refractivity contribution is 0.594. The Kier molecular flexibility index (Phi) is 5.56. The van der Waals surface area contributed by atoms with Gasteiger partial charge in [0, 0.05) is 17.6 Å². The highest BCUT2D eigenvalue weighted by molar-refractivity contribution is 7.07. The van der Waals surface area contributed by atoms with Crippen LogP contribution in [0.25, 0.3) is 0 Å². The molecule has 0 aliphatic heterocycles. The summed E-state index contributed by atoms with van der Waals surface area (Å²) >= 11 is 1.23. The molecule has 0 aromatic carbocycles. The maximum Gasteiger partial charge on any atom is 0.304 e. The topological polar surface area (TPSA) is 44.9 Å².